The summed E-state index contributed by atoms with van der Waals surface area (Å²) in [6.07, 6.45) is 0.219. The van der Waals surface area contributed by atoms with Crippen LogP contribution in [0.25, 0.3) is 0 Å². The van der Waals surface area contributed by atoms with Gasteiger partial charge in [0.15, 0.2) is 0 Å². The number of primary amides is 1. The van der Waals surface area contributed by atoms with Crippen molar-refractivity contribution in [1.82, 2.24) is 0 Å². The third-order valence-corrected chi connectivity index (χ3v) is 2.19. The van der Waals surface area contributed by atoms with Gasteiger partial charge in [0.2, 0.25) is 0 Å². The van der Waals surface area contributed by atoms with Gasteiger partial charge in [0.1, 0.15) is 6.61 Å². The second kappa shape index (κ2) is 5.27. The standard InChI is InChI=1S/C11H15NO2/c1-2-9(8-14-11(12)13)10-6-4-3-5-7-10/h3-7,9H,2,8H2,1H3,(H2,12,13). The summed E-state index contributed by atoms with van der Waals surface area (Å²) in [5.74, 6) is 0.240. The van der Waals surface area contributed by atoms with Gasteiger partial charge in [-0.2, -0.15) is 0 Å². The third kappa shape index (κ3) is 3.09. The summed E-state index contributed by atoms with van der Waals surface area (Å²) in [6.45, 7) is 2.41. The molecule has 0 aromatic heterocycles. The zero-order valence-corrected chi connectivity index (χ0v) is 8.27. The minimum Gasteiger partial charge on any atom is -0.449 e. The van der Waals surface area contributed by atoms with E-state index >= 15 is 0 Å². The molecule has 0 aliphatic heterocycles. The molecule has 2 N–H and O–H groups in total. The first kappa shape index (κ1) is 10.6. The minimum atomic E-state index is -0.709. The van der Waals surface area contributed by atoms with Gasteiger partial charge >= 0.3 is 6.09 Å². The Bertz CT molecular complexity index is 285. The van der Waals surface area contributed by atoms with Crippen LogP contribution in [0.15, 0.2) is 30.3 Å². The number of carbonyl (C=O) groups excluding carboxylic acids is 1. The fourth-order valence-electron chi connectivity index (χ4n) is 1.36. The molecule has 14 heavy (non-hydrogen) atoms. The summed E-state index contributed by atoms with van der Waals surface area (Å²) in [5.41, 5.74) is 6.09. The maximum absolute atomic E-state index is 10.5. The predicted octanol–water partition coefficient (Wildman–Crippen LogP) is 2.28. The van der Waals surface area contributed by atoms with Crippen molar-refractivity contribution < 1.29 is 9.53 Å². The van der Waals surface area contributed by atoms with Gasteiger partial charge < -0.3 is 10.5 Å². The van der Waals surface area contributed by atoms with Crippen LogP contribution in [0.3, 0.4) is 0 Å². The van der Waals surface area contributed by atoms with Crippen LogP contribution in [0.2, 0.25) is 0 Å². The van der Waals surface area contributed by atoms with Gasteiger partial charge in [-0.3, -0.25) is 0 Å². The Hall–Kier alpha value is -1.51. The number of rotatable bonds is 4. The molecule has 0 heterocycles. The van der Waals surface area contributed by atoms with Crippen LogP contribution in [-0.2, 0) is 4.74 Å². The highest BCUT2D eigenvalue weighted by atomic mass is 16.5. The third-order valence-electron chi connectivity index (χ3n) is 2.19. The lowest BCUT2D eigenvalue weighted by Crippen LogP contribution is -2.17. The van der Waals surface area contributed by atoms with Crippen LogP contribution in [0.4, 0.5) is 4.79 Å². The second-order valence-corrected chi connectivity index (χ2v) is 3.15. The van der Waals surface area contributed by atoms with E-state index in [-0.39, 0.29) is 5.92 Å². The van der Waals surface area contributed by atoms with E-state index in [9.17, 15) is 4.79 Å². The SMILES string of the molecule is CCC(COC(N)=O)c1ccccc1. The van der Waals surface area contributed by atoms with Crippen LogP contribution >= 0.6 is 0 Å². The Kier molecular flexibility index (Phi) is 3.98. The highest BCUT2D eigenvalue weighted by Gasteiger charge is 2.10. The molecule has 1 amide bonds. The van der Waals surface area contributed by atoms with E-state index in [4.69, 9.17) is 10.5 Å². The van der Waals surface area contributed by atoms with Gasteiger partial charge in [-0.05, 0) is 12.0 Å². The average Bonchev–Trinajstić information content (AvgIpc) is 2.20. The summed E-state index contributed by atoms with van der Waals surface area (Å²) < 4.78 is 4.79. The van der Waals surface area contributed by atoms with Crippen LogP contribution in [0, 0.1) is 0 Å². The molecular formula is C11H15NO2. The van der Waals surface area contributed by atoms with Gasteiger partial charge in [0.25, 0.3) is 0 Å². The molecule has 0 aliphatic carbocycles. The summed E-state index contributed by atoms with van der Waals surface area (Å²) in [6, 6.07) is 9.97. The first-order chi connectivity index (χ1) is 6.74. The van der Waals surface area contributed by atoms with Crippen LogP contribution in [0.1, 0.15) is 24.8 Å². The molecule has 1 atom stereocenters. The zero-order chi connectivity index (χ0) is 10.4. The molecule has 0 saturated heterocycles. The molecule has 0 spiro atoms. The van der Waals surface area contributed by atoms with Gasteiger partial charge in [0, 0.05) is 5.92 Å². The van der Waals surface area contributed by atoms with E-state index in [2.05, 4.69) is 6.92 Å². The van der Waals surface area contributed by atoms with E-state index < -0.39 is 6.09 Å². The number of nitrogens with two attached hydrogens (primary N) is 1. The zero-order valence-electron chi connectivity index (χ0n) is 8.27. The Morgan fingerprint density at radius 2 is 2.07 bits per heavy atom. The van der Waals surface area contributed by atoms with Crippen LogP contribution < -0.4 is 5.73 Å². The maximum Gasteiger partial charge on any atom is 0.404 e. The van der Waals surface area contributed by atoms with Crippen molar-refractivity contribution in [1.29, 1.82) is 0 Å². The average molecular weight is 193 g/mol. The van der Waals surface area contributed by atoms with Crippen molar-refractivity contribution in [2.75, 3.05) is 6.61 Å². The molecule has 0 fully saturated rings. The molecule has 1 rings (SSSR count). The molecule has 0 radical (unpaired) electrons. The Morgan fingerprint density at radius 1 is 1.43 bits per heavy atom. The molecule has 1 aromatic carbocycles. The summed E-state index contributed by atoms with van der Waals surface area (Å²) >= 11 is 0. The van der Waals surface area contributed by atoms with Gasteiger partial charge in [-0.15, -0.1) is 0 Å². The molecule has 0 saturated carbocycles. The van der Waals surface area contributed by atoms with E-state index in [1.807, 2.05) is 30.3 Å². The topological polar surface area (TPSA) is 52.3 Å². The smallest absolute Gasteiger partial charge is 0.404 e. The highest BCUT2D eigenvalue weighted by molar-refractivity contribution is 5.64. The molecule has 0 bridgehead atoms. The molecule has 76 valence electrons. The fraction of sp³-hybridized carbons (Fsp3) is 0.364. The number of hydrogen-bond acceptors (Lipinski definition) is 2. The first-order valence-electron chi connectivity index (χ1n) is 4.71. The fourth-order valence-corrected chi connectivity index (χ4v) is 1.36. The molecule has 0 aliphatic rings. The summed E-state index contributed by atoms with van der Waals surface area (Å²) in [5, 5.41) is 0. The van der Waals surface area contributed by atoms with Crippen molar-refractivity contribution in [3.8, 4) is 0 Å². The van der Waals surface area contributed by atoms with Crippen molar-refractivity contribution >= 4 is 6.09 Å². The minimum absolute atomic E-state index is 0.240. The van der Waals surface area contributed by atoms with Crippen molar-refractivity contribution in [2.24, 2.45) is 5.73 Å². The quantitative estimate of drug-likeness (QED) is 0.797. The number of benzene rings is 1. The lowest BCUT2D eigenvalue weighted by atomic mass is 9.98. The van der Waals surface area contributed by atoms with Crippen molar-refractivity contribution in [3.63, 3.8) is 0 Å². The normalized spacial score (nSPS) is 12.1. The Morgan fingerprint density at radius 3 is 2.57 bits per heavy atom. The number of amides is 1. The van der Waals surface area contributed by atoms with Gasteiger partial charge in [-0.25, -0.2) is 4.79 Å². The summed E-state index contributed by atoms with van der Waals surface area (Å²) in [4.78, 5) is 10.5. The van der Waals surface area contributed by atoms with E-state index in [1.54, 1.807) is 0 Å². The van der Waals surface area contributed by atoms with Crippen LogP contribution in [0.5, 0.6) is 0 Å². The van der Waals surface area contributed by atoms with E-state index in [1.165, 1.54) is 5.56 Å². The van der Waals surface area contributed by atoms with Crippen LogP contribution in [-0.4, -0.2) is 12.7 Å². The van der Waals surface area contributed by atoms with Gasteiger partial charge in [0.05, 0.1) is 0 Å². The number of ether oxygens (including phenoxy) is 1. The summed E-state index contributed by atoms with van der Waals surface area (Å²) in [7, 11) is 0. The Balaban J connectivity index is 2.58. The molecule has 3 heteroatoms. The van der Waals surface area contributed by atoms with Gasteiger partial charge in [-0.1, -0.05) is 37.3 Å². The largest absolute Gasteiger partial charge is 0.449 e. The van der Waals surface area contributed by atoms with E-state index in [0.29, 0.717) is 6.61 Å². The molecular weight excluding hydrogens is 178 g/mol. The maximum atomic E-state index is 10.5. The van der Waals surface area contributed by atoms with E-state index in [0.717, 1.165) is 6.42 Å². The second-order valence-electron chi connectivity index (χ2n) is 3.15. The van der Waals surface area contributed by atoms with Crippen molar-refractivity contribution in [3.05, 3.63) is 35.9 Å². The Labute approximate surface area is 83.9 Å². The number of hydrogen-bond donors (Lipinski definition) is 1. The highest BCUT2D eigenvalue weighted by Crippen LogP contribution is 2.18. The molecule has 1 aromatic rings. The van der Waals surface area contributed by atoms with Crippen molar-refractivity contribution in [2.45, 2.75) is 19.3 Å². The monoisotopic (exact) mass is 193 g/mol. The first-order valence-corrected chi connectivity index (χ1v) is 4.71. The number of carbonyl (C=O) groups is 1. The lowest BCUT2D eigenvalue weighted by molar-refractivity contribution is 0.148. The molecule has 3 nitrogen and oxygen atoms in total. The predicted molar refractivity (Wildman–Crippen MR) is 55.0 cm³/mol. The lowest BCUT2D eigenvalue weighted by Gasteiger charge is -2.14. The molecule has 1 unspecified atom stereocenters.